The third-order valence-corrected chi connectivity index (χ3v) is 6.50. The zero-order valence-corrected chi connectivity index (χ0v) is 17.5. The van der Waals surface area contributed by atoms with Crippen molar-refractivity contribution >= 4 is 11.8 Å². The highest BCUT2D eigenvalue weighted by Gasteiger charge is 2.39. The predicted molar refractivity (Wildman–Crippen MR) is 111 cm³/mol. The number of methoxy groups -OCH3 is 1. The summed E-state index contributed by atoms with van der Waals surface area (Å²) in [7, 11) is 1.50. The van der Waals surface area contributed by atoms with Gasteiger partial charge < -0.3 is 19.5 Å². The van der Waals surface area contributed by atoms with Gasteiger partial charge in [-0.25, -0.2) is 4.39 Å². The van der Waals surface area contributed by atoms with Crippen LogP contribution in [0.4, 0.5) is 4.39 Å². The molecule has 160 valence electrons. The van der Waals surface area contributed by atoms with E-state index in [0.717, 1.165) is 12.2 Å². The summed E-state index contributed by atoms with van der Waals surface area (Å²) in [5, 5.41) is 3.04. The summed E-state index contributed by atoms with van der Waals surface area (Å²) < 4.78 is 21.8. The average molecular weight is 413 g/mol. The molecule has 1 N–H and O–H groups in total. The van der Waals surface area contributed by atoms with E-state index in [0.29, 0.717) is 50.0 Å². The molecule has 0 aliphatic carbocycles. The van der Waals surface area contributed by atoms with Gasteiger partial charge in [-0.1, -0.05) is 6.07 Å². The SMILES string of the molecule is COc1ccc(CC2(CCC(=O)N3CCn4cccc4C3C)CCC(=O)N2)c(F)c1. The number of hydrogen-bond acceptors (Lipinski definition) is 3. The molecule has 0 radical (unpaired) electrons. The number of amides is 2. The van der Waals surface area contributed by atoms with E-state index in [-0.39, 0.29) is 23.7 Å². The Morgan fingerprint density at radius 2 is 2.17 bits per heavy atom. The molecule has 1 fully saturated rings. The van der Waals surface area contributed by atoms with Crippen molar-refractivity contribution in [2.45, 2.75) is 57.2 Å². The molecule has 0 bridgehead atoms. The van der Waals surface area contributed by atoms with E-state index in [1.165, 1.54) is 13.2 Å². The number of aromatic nitrogens is 1. The lowest BCUT2D eigenvalue weighted by Gasteiger charge is -2.36. The molecule has 0 saturated carbocycles. The summed E-state index contributed by atoms with van der Waals surface area (Å²) in [6.07, 6.45) is 4.22. The maximum atomic E-state index is 14.5. The first-order valence-electron chi connectivity index (χ1n) is 10.5. The minimum absolute atomic E-state index is 0.0226. The Kier molecular flexibility index (Phi) is 5.54. The van der Waals surface area contributed by atoms with Crippen molar-refractivity contribution in [1.29, 1.82) is 0 Å². The highest BCUT2D eigenvalue weighted by molar-refractivity contribution is 5.80. The lowest BCUT2D eigenvalue weighted by atomic mass is 9.84. The Balaban J connectivity index is 1.46. The number of fused-ring (bicyclic) bond motifs is 1. The molecule has 6 nitrogen and oxygen atoms in total. The first-order chi connectivity index (χ1) is 14.4. The number of carbonyl (C=O) groups excluding carboxylic acids is 2. The molecule has 1 aromatic carbocycles. The average Bonchev–Trinajstić information content (AvgIpc) is 3.35. The molecule has 0 spiro atoms. The van der Waals surface area contributed by atoms with E-state index in [1.807, 2.05) is 24.1 Å². The van der Waals surface area contributed by atoms with Crippen LogP contribution in [0.3, 0.4) is 0 Å². The van der Waals surface area contributed by atoms with Gasteiger partial charge in [0.25, 0.3) is 0 Å². The van der Waals surface area contributed by atoms with Crippen molar-refractivity contribution in [3.8, 4) is 5.75 Å². The molecule has 2 unspecified atom stereocenters. The largest absolute Gasteiger partial charge is 0.497 e. The second kappa shape index (κ2) is 8.13. The number of ether oxygens (including phenoxy) is 1. The van der Waals surface area contributed by atoms with E-state index in [9.17, 15) is 14.0 Å². The molecule has 3 heterocycles. The van der Waals surface area contributed by atoms with Crippen molar-refractivity contribution in [2.24, 2.45) is 0 Å². The number of rotatable bonds is 6. The molecule has 2 amide bonds. The number of carbonyl (C=O) groups is 2. The smallest absolute Gasteiger partial charge is 0.223 e. The van der Waals surface area contributed by atoms with E-state index in [1.54, 1.807) is 12.1 Å². The Morgan fingerprint density at radius 3 is 2.87 bits per heavy atom. The highest BCUT2D eigenvalue weighted by Crippen LogP contribution is 2.33. The third-order valence-electron chi connectivity index (χ3n) is 6.50. The number of nitrogens with zero attached hydrogens (tertiary/aromatic N) is 2. The fourth-order valence-corrected chi connectivity index (χ4v) is 4.75. The van der Waals surface area contributed by atoms with Crippen LogP contribution in [-0.4, -0.2) is 40.5 Å². The minimum atomic E-state index is -0.596. The van der Waals surface area contributed by atoms with Crippen LogP contribution in [0.5, 0.6) is 5.75 Å². The van der Waals surface area contributed by atoms with Gasteiger partial charge in [0.1, 0.15) is 11.6 Å². The molecule has 2 aliphatic rings. The molecule has 1 aromatic heterocycles. The maximum Gasteiger partial charge on any atom is 0.223 e. The number of nitrogens with one attached hydrogen (secondary N) is 1. The van der Waals surface area contributed by atoms with Crippen molar-refractivity contribution in [2.75, 3.05) is 13.7 Å². The zero-order valence-electron chi connectivity index (χ0n) is 17.5. The van der Waals surface area contributed by atoms with Crippen LogP contribution in [0, 0.1) is 5.82 Å². The first-order valence-corrected chi connectivity index (χ1v) is 10.5. The summed E-state index contributed by atoms with van der Waals surface area (Å²) >= 11 is 0. The summed E-state index contributed by atoms with van der Waals surface area (Å²) in [5.74, 6) is 0.137. The number of hydrogen-bond donors (Lipinski definition) is 1. The van der Waals surface area contributed by atoms with Crippen LogP contribution in [0.2, 0.25) is 0 Å². The first kappa shape index (κ1) is 20.4. The Morgan fingerprint density at radius 1 is 1.33 bits per heavy atom. The molecular formula is C23H28FN3O3. The topological polar surface area (TPSA) is 63.6 Å². The van der Waals surface area contributed by atoms with Gasteiger partial charge in [0, 0.05) is 49.4 Å². The minimum Gasteiger partial charge on any atom is -0.497 e. The summed E-state index contributed by atoms with van der Waals surface area (Å²) in [5.41, 5.74) is 1.06. The van der Waals surface area contributed by atoms with Gasteiger partial charge in [-0.15, -0.1) is 0 Å². The van der Waals surface area contributed by atoms with Gasteiger partial charge in [0.2, 0.25) is 11.8 Å². The van der Waals surface area contributed by atoms with E-state index >= 15 is 0 Å². The van der Waals surface area contributed by atoms with Gasteiger partial charge in [0.15, 0.2) is 0 Å². The van der Waals surface area contributed by atoms with Crippen LogP contribution >= 0.6 is 0 Å². The maximum absolute atomic E-state index is 14.5. The van der Waals surface area contributed by atoms with Gasteiger partial charge >= 0.3 is 0 Å². The fraction of sp³-hybridized carbons (Fsp3) is 0.478. The lowest BCUT2D eigenvalue weighted by Crippen LogP contribution is -2.46. The molecule has 1 saturated heterocycles. The molecule has 30 heavy (non-hydrogen) atoms. The van der Waals surface area contributed by atoms with Crippen molar-refractivity contribution < 1.29 is 18.7 Å². The van der Waals surface area contributed by atoms with Crippen LogP contribution < -0.4 is 10.1 Å². The quantitative estimate of drug-likeness (QED) is 0.791. The van der Waals surface area contributed by atoms with Gasteiger partial charge in [0.05, 0.1) is 13.2 Å². The van der Waals surface area contributed by atoms with E-state index in [2.05, 4.69) is 16.0 Å². The van der Waals surface area contributed by atoms with E-state index in [4.69, 9.17) is 4.74 Å². The van der Waals surface area contributed by atoms with Crippen molar-refractivity contribution in [1.82, 2.24) is 14.8 Å². The summed E-state index contributed by atoms with van der Waals surface area (Å²) in [4.78, 5) is 27.0. The van der Waals surface area contributed by atoms with Gasteiger partial charge in [-0.05, 0) is 49.9 Å². The zero-order chi connectivity index (χ0) is 21.3. The highest BCUT2D eigenvalue weighted by atomic mass is 19.1. The Bertz CT molecular complexity index is 957. The number of halogens is 1. The van der Waals surface area contributed by atoms with Crippen LogP contribution in [0.15, 0.2) is 36.5 Å². The Hall–Kier alpha value is -2.83. The van der Waals surface area contributed by atoms with Crippen molar-refractivity contribution in [3.63, 3.8) is 0 Å². The van der Waals surface area contributed by atoms with E-state index < -0.39 is 5.54 Å². The van der Waals surface area contributed by atoms with Gasteiger partial charge in [-0.2, -0.15) is 0 Å². The van der Waals surface area contributed by atoms with Crippen LogP contribution in [-0.2, 0) is 22.6 Å². The lowest BCUT2D eigenvalue weighted by molar-refractivity contribution is -0.135. The molecule has 2 atom stereocenters. The van der Waals surface area contributed by atoms with Crippen LogP contribution in [0.1, 0.15) is 49.9 Å². The molecule has 2 aliphatic heterocycles. The Labute approximate surface area is 176 Å². The van der Waals surface area contributed by atoms with Gasteiger partial charge in [-0.3, -0.25) is 9.59 Å². The van der Waals surface area contributed by atoms with Crippen LogP contribution in [0.25, 0.3) is 0 Å². The second-order valence-electron chi connectivity index (χ2n) is 8.35. The second-order valence-corrected chi connectivity index (χ2v) is 8.35. The molecule has 7 heteroatoms. The molecule has 2 aromatic rings. The molecule has 4 rings (SSSR count). The third kappa shape index (κ3) is 3.93. The summed E-state index contributed by atoms with van der Waals surface area (Å²) in [6, 6.07) is 8.85. The summed E-state index contributed by atoms with van der Waals surface area (Å²) in [6.45, 7) is 3.51. The predicted octanol–water partition coefficient (Wildman–Crippen LogP) is 3.21. The monoisotopic (exact) mass is 413 g/mol. The number of benzene rings is 1. The van der Waals surface area contributed by atoms with Crippen molar-refractivity contribution in [3.05, 3.63) is 53.6 Å². The standard InChI is InChI=1S/C23H28FN3O3/c1-16-20-4-3-11-26(20)12-13-27(16)22(29)8-10-23(9-7-21(28)25-23)15-17-5-6-18(30-2)14-19(17)24/h3-6,11,14,16H,7-10,12-13,15H2,1-2H3,(H,25,28). The molecular weight excluding hydrogens is 385 g/mol. The normalized spacial score (nSPS) is 23.2. The fourth-order valence-electron chi connectivity index (χ4n) is 4.75.